The van der Waals surface area contributed by atoms with E-state index in [0.29, 0.717) is 24.6 Å². The van der Waals surface area contributed by atoms with Gasteiger partial charge in [-0.3, -0.25) is 0 Å². The number of likely N-dealkylation sites (N-methyl/N-ethyl adjacent to an activating group) is 1. The van der Waals surface area contributed by atoms with Crippen LogP contribution in [0.2, 0.25) is 0 Å². The van der Waals surface area contributed by atoms with Gasteiger partial charge in [0.2, 0.25) is 0 Å². The van der Waals surface area contributed by atoms with Crippen molar-refractivity contribution in [1.82, 2.24) is 4.98 Å². The van der Waals surface area contributed by atoms with Crippen molar-refractivity contribution >= 4 is 17.5 Å². The lowest BCUT2D eigenvalue weighted by Gasteiger charge is -2.26. The lowest BCUT2D eigenvalue weighted by molar-refractivity contribution is 0.0696. The van der Waals surface area contributed by atoms with Crippen molar-refractivity contribution in [3.05, 3.63) is 17.8 Å². The number of ether oxygens (including phenoxy) is 1. The number of aromatic nitrogens is 1. The Labute approximate surface area is 112 Å². The van der Waals surface area contributed by atoms with Crippen molar-refractivity contribution in [2.45, 2.75) is 25.9 Å². The molecule has 1 aliphatic heterocycles. The molecule has 0 radical (unpaired) electrons. The molecule has 1 aliphatic rings. The minimum absolute atomic E-state index is 0.139. The van der Waals surface area contributed by atoms with Gasteiger partial charge in [0, 0.05) is 19.7 Å². The molecule has 0 aromatic carbocycles. The molecule has 1 atom stereocenters. The highest BCUT2D eigenvalue weighted by Gasteiger charge is 2.22. The van der Waals surface area contributed by atoms with Gasteiger partial charge in [0.15, 0.2) is 0 Å². The molecule has 2 heterocycles. The van der Waals surface area contributed by atoms with E-state index in [9.17, 15) is 9.90 Å². The van der Waals surface area contributed by atoms with E-state index in [1.165, 1.54) is 12.3 Å². The van der Waals surface area contributed by atoms with Gasteiger partial charge in [-0.25, -0.2) is 9.78 Å². The number of carboxylic acid groups (broad SMARTS) is 1. The minimum Gasteiger partial charge on any atom is -0.478 e. The number of nitrogens with zero attached hydrogens (tertiary/aromatic N) is 2. The smallest absolute Gasteiger partial charge is 0.339 e. The third kappa shape index (κ3) is 3.14. The maximum absolute atomic E-state index is 11.3. The fraction of sp³-hybridized carbons (Fsp3) is 0.538. The van der Waals surface area contributed by atoms with Crippen molar-refractivity contribution in [3.8, 4) is 0 Å². The van der Waals surface area contributed by atoms with E-state index in [0.717, 1.165) is 19.4 Å². The van der Waals surface area contributed by atoms with Gasteiger partial charge in [0.25, 0.3) is 0 Å². The lowest BCUT2D eigenvalue weighted by Crippen LogP contribution is -2.33. The minimum atomic E-state index is -1.01. The first-order valence-electron chi connectivity index (χ1n) is 6.47. The van der Waals surface area contributed by atoms with Crippen molar-refractivity contribution in [2.75, 3.05) is 30.3 Å². The molecule has 1 fully saturated rings. The van der Waals surface area contributed by atoms with Gasteiger partial charge in [-0.2, -0.15) is 0 Å². The summed E-state index contributed by atoms with van der Waals surface area (Å²) in [5.74, 6) is -0.555. The summed E-state index contributed by atoms with van der Waals surface area (Å²) < 4.78 is 5.59. The summed E-state index contributed by atoms with van der Waals surface area (Å²) in [6.07, 6.45) is 3.71. The van der Waals surface area contributed by atoms with Crippen LogP contribution >= 0.6 is 0 Å². The van der Waals surface area contributed by atoms with Crippen LogP contribution in [0, 0.1) is 0 Å². The quantitative estimate of drug-likeness (QED) is 0.835. The first-order valence-corrected chi connectivity index (χ1v) is 6.47. The molecule has 0 amide bonds. The second-order valence-electron chi connectivity index (χ2n) is 4.62. The zero-order chi connectivity index (χ0) is 13.8. The zero-order valence-electron chi connectivity index (χ0n) is 11.0. The van der Waals surface area contributed by atoms with Gasteiger partial charge >= 0.3 is 5.97 Å². The van der Waals surface area contributed by atoms with Gasteiger partial charge in [0.1, 0.15) is 11.4 Å². The maximum atomic E-state index is 11.3. The van der Waals surface area contributed by atoms with E-state index in [2.05, 4.69) is 4.98 Å². The number of anilines is 2. The number of nitrogens with two attached hydrogens (primary N) is 1. The Morgan fingerprint density at radius 2 is 2.47 bits per heavy atom. The Morgan fingerprint density at radius 1 is 1.68 bits per heavy atom. The van der Waals surface area contributed by atoms with E-state index in [-0.39, 0.29) is 11.7 Å². The predicted molar refractivity (Wildman–Crippen MR) is 72.5 cm³/mol. The summed E-state index contributed by atoms with van der Waals surface area (Å²) in [6, 6.07) is 1.45. The largest absolute Gasteiger partial charge is 0.478 e. The number of aromatic carboxylic acids is 1. The molecule has 1 aromatic rings. The average Bonchev–Trinajstić information content (AvgIpc) is 2.89. The molecule has 0 bridgehead atoms. The SMILES string of the molecule is CCN(CC1CCCO1)c1ncc(N)cc1C(=O)O. The number of rotatable bonds is 5. The summed E-state index contributed by atoms with van der Waals surface area (Å²) in [5, 5.41) is 9.24. The molecule has 0 saturated carbocycles. The molecule has 1 unspecified atom stereocenters. The van der Waals surface area contributed by atoms with Crippen LogP contribution < -0.4 is 10.6 Å². The Kier molecular flexibility index (Phi) is 4.21. The number of pyridine rings is 1. The molecule has 6 nitrogen and oxygen atoms in total. The predicted octanol–water partition coefficient (Wildman–Crippen LogP) is 1.37. The van der Waals surface area contributed by atoms with Crippen LogP contribution in [-0.4, -0.2) is 41.9 Å². The van der Waals surface area contributed by atoms with Crippen LogP contribution in [0.1, 0.15) is 30.1 Å². The van der Waals surface area contributed by atoms with Crippen LogP contribution in [-0.2, 0) is 4.74 Å². The van der Waals surface area contributed by atoms with E-state index >= 15 is 0 Å². The molecule has 3 N–H and O–H groups in total. The molecule has 0 spiro atoms. The Hall–Kier alpha value is -1.82. The molecular formula is C13H19N3O3. The molecule has 19 heavy (non-hydrogen) atoms. The normalized spacial score (nSPS) is 18.5. The second kappa shape index (κ2) is 5.88. The molecule has 2 rings (SSSR count). The molecule has 1 aromatic heterocycles. The van der Waals surface area contributed by atoms with Crippen LogP contribution in [0.15, 0.2) is 12.3 Å². The lowest BCUT2D eigenvalue weighted by atomic mass is 10.2. The van der Waals surface area contributed by atoms with Crippen molar-refractivity contribution < 1.29 is 14.6 Å². The van der Waals surface area contributed by atoms with Gasteiger partial charge in [-0.05, 0) is 25.8 Å². The Morgan fingerprint density at radius 3 is 3.05 bits per heavy atom. The van der Waals surface area contributed by atoms with Crippen molar-refractivity contribution in [1.29, 1.82) is 0 Å². The van der Waals surface area contributed by atoms with E-state index < -0.39 is 5.97 Å². The summed E-state index contributed by atoms with van der Waals surface area (Å²) in [7, 11) is 0. The van der Waals surface area contributed by atoms with Crippen LogP contribution in [0.3, 0.4) is 0 Å². The first-order chi connectivity index (χ1) is 9.11. The topological polar surface area (TPSA) is 88.7 Å². The molecule has 6 heteroatoms. The van der Waals surface area contributed by atoms with Gasteiger partial charge in [-0.1, -0.05) is 0 Å². The van der Waals surface area contributed by atoms with E-state index in [1.54, 1.807) is 0 Å². The average molecular weight is 265 g/mol. The Balaban J connectivity index is 2.23. The number of hydrogen-bond donors (Lipinski definition) is 2. The highest BCUT2D eigenvalue weighted by atomic mass is 16.5. The van der Waals surface area contributed by atoms with Gasteiger partial charge < -0.3 is 20.5 Å². The van der Waals surface area contributed by atoms with E-state index in [4.69, 9.17) is 10.5 Å². The monoisotopic (exact) mass is 265 g/mol. The van der Waals surface area contributed by atoms with Crippen molar-refractivity contribution in [3.63, 3.8) is 0 Å². The first kappa shape index (κ1) is 13.6. The van der Waals surface area contributed by atoms with Crippen LogP contribution in [0.5, 0.6) is 0 Å². The standard InChI is InChI=1S/C13H19N3O3/c1-2-16(8-10-4-3-5-19-10)12-11(13(17)18)6-9(14)7-15-12/h6-7,10H,2-5,8,14H2,1H3,(H,17,18). The number of hydrogen-bond acceptors (Lipinski definition) is 5. The number of carboxylic acids is 1. The summed E-state index contributed by atoms with van der Waals surface area (Å²) in [6.45, 7) is 4.09. The summed E-state index contributed by atoms with van der Waals surface area (Å²) >= 11 is 0. The summed E-state index contributed by atoms with van der Waals surface area (Å²) in [4.78, 5) is 17.4. The third-order valence-corrected chi connectivity index (χ3v) is 3.25. The van der Waals surface area contributed by atoms with Crippen molar-refractivity contribution in [2.24, 2.45) is 0 Å². The highest BCUT2D eigenvalue weighted by molar-refractivity contribution is 5.94. The Bertz CT molecular complexity index is 458. The fourth-order valence-electron chi connectivity index (χ4n) is 2.28. The molecule has 1 saturated heterocycles. The fourth-order valence-corrected chi connectivity index (χ4v) is 2.28. The van der Waals surface area contributed by atoms with Crippen LogP contribution in [0.25, 0.3) is 0 Å². The maximum Gasteiger partial charge on any atom is 0.339 e. The second-order valence-corrected chi connectivity index (χ2v) is 4.62. The summed E-state index contributed by atoms with van der Waals surface area (Å²) in [5.41, 5.74) is 6.10. The molecule has 0 aliphatic carbocycles. The zero-order valence-corrected chi connectivity index (χ0v) is 11.0. The van der Waals surface area contributed by atoms with Crippen LogP contribution in [0.4, 0.5) is 11.5 Å². The highest BCUT2D eigenvalue weighted by Crippen LogP contribution is 2.22. The number of carbonyl (C=O) groups is 1. The molecular weight excluding hydrogens is 246 g/mol. The molecule has 104 valence electrons. The third-order valence-electron chi connectivity index (χ3n) is 3.25. The van der Waals surface area contributed by atoms with Gasteiger partial charge in [0.05, 0.1) is 18.0 Å². The van der Waals surface area contributed by atoms with Gasteiger partial charge in [-0.15, -0.1) is 0 Å². The van der Waals surface area contributed by atoms with E-state index in [1.807, 2.05) is 11.8 Å². The number of nitrogen functional groups attached to an aromatic ring is 1.